The third-order valence-electron chi connectivity index (χ3n) is 4.28. The molecule has 0 bridgehead atoms. The van der Waals surface area contributed by atoms with Gasteiger partial charge >= 0.3 is 0 Å². The minimum Gasteiger partial charge on any atom is -0.300 e. The van der Waals surface area contributed by atoms with Crippen LogP contribution in [-0.2, 0) is 12.8 Å². The molecule has 0 radical (unpaired) electrons. The Hall–Kier alpha value is -0.890. The fraction of sp³-hybridized carbons (Fsp3) is 0.600. The average Bonchev–Trinajstić information content (AvgIpc) is 2.39. The Morgan fingerprint density at radius 3 is 2.71 bits per heavy atom. The van der Waals surface area contributed by atoms with Crippen LogP contribution in [0.1, 0.15) is 36.8 Å². The molecule has 0 amide bonds. The lowest BCUT2D eigenvalue weighted by atomic mass is 9.86. The van der Waals surface area contributed by atoms with Crippen molar-refractivity contribution >= 4 is 0 Å². The predicted molar refractivity (Wildman–Crippen MR) is 67.6 cm³/mol. The van der Waals surface area contributed by atoms with Crippen molar-refractivity contribution in [2.45, 2.75) is 44.6 Å². The van der Waals surface area contributed by atoms with E-state index < -0.39 is 0 Å². The van der Waals surface area contributed by atoms with Crippen LogP contribution in [-0.4, -0.2) is 24.0 Å². The molecule has 3 rings (SSSR count). The van der Waals surface area contributed by atoms with Crippen molar-refractivity contribution in [2.75, 3.05) is 13.1 Å². The molecule has 1 nitrogen and oxygen atoms in total. The number of aryl methyl sites for hydroxylation is 1. The second-order valence-corrected chi connectivity index (χ2v) is 5.41. The van der Waals surface area contributed by atoms with Gasteiger partial charge in [0.15, 0.2) is 0 Å². The molecular weight excluding hydrogens is 213 g/mol. The maximum atomic E-state index is 13.1. The molecule has 1 unspecified atom stereocenters. The van der Waals surface area contributed by atoms with Gasteiger partial charge in [-0.2, -0.15) is 0 Å². The number of likely N-dealkylation sites (tertiary alicyclic amines) is 1. The number of nitrogens with zero attached hydrogens (tertiary/aromatic N) is 1. The molecule has 1 heterocycles. The number of piperidine rings is 1. The standard InChI is InChI=1S/C15H20FN/c16-14-6-4-13-11-15(7-5-12(13)10-14)17-8-2-1-3-9-17/h4,6,10,15H,1-3,5,7-9,11H2. The first-order chi connectivity index (χ1) is 8.33. The number of fused-ring (bicyclic) bond motifs is 1. The van der Waals surface area contributed by atoms with Gasteiger partial charge in [0.2, 0.25) is 0 Å². The Morgan fingerprint density at radius 2 is 1.88 bits per heavy atom. The first-order valence-corrected chi connectivity index (χ1v) is 6.84. The van der Waals surface area contributed by atoms with Crippen molar-refractivity contribution in [3.8, 4) is 0 Å². The lowest BCUT2D eigenvalue weighted by Gasteiger charge is -2.37. The summed E-state index contributed by atoms with van der Waals surface area (Å²) < 4.78 is 13.1. The topological polar surface area (TPSA) is 3.24 Å². The quantitative estimate of drug-likeness (QED) is 0.720. The van der Waals surface area contributed by atoms with E-state index in [4.69, 9.17) is 0 Å². The van der Waals surface area contributed by atoms with Crippen LogP contribution >= 0.6 is 0 Å². The molecule has 2 heteroatoms. The highest BCUT2D eigenvalue weighted by molar-refractivity contribution is 5.31. The van der Waals surface area contributed by atoms with Gasteiger partial charge in [-0.1, -0.05) is 12.5 Å². The first-order valence-electron chi connectivity index (χ1n) is 6.84. The second-order valence-electron chi connectivity index (χ2n) is 5.41. The van der Waals surface area contributed by atoms with Crippen LogP contribution in [0.5, 0.6) is 0 Å². The molecule has 2 aliphatic rings. The summed E-state index contributed by atoms with van der Waals surface area (Å²) in [6, 6.07) is 6.02. The molecule has 17 heavy (non-hydrogen) atoms. The highest BCUT2D eigenvalue weighted by Crippen LogP contribution is 2.27. The minimum atomic E-state index is -0.0832. The van der Waals surface area contributed by atoms with E-state index in [1.807, 2.05) is 6.07 Å². The summed E-state index contributed by atoms with van der Waals surface area (Å²) >= 11 is 0. The van der Waals surface area contributed by atoms with E-state index in [2.05, 4.69) is 4.90 Å². The summed E-state index contributed by atoms with van der Waals surface area (Å²) in [6.07, 6.45) is 7.48. The van der Waals surface area contributed by atoms with Gasteiger partial charge in [-0.25, -0.2) is 4.39 Å². The monoisotopic (exact) mass is 233 g/mol. The Kier molecular flexibility index (Phi) is 3.15. The fourth-order valence-corrected chi connectivity index (χ4v) is 3.30. The first kappa shape index (κ1) is 11.2. The van der Waals surface area contributed by atoms with Crippen LogP contribution < -0.4 is 0 Å². The van der Waals surface area contributed by atoms with Crippen molar-refractivity contribution in [1.29, 1.82) is 0 Å². The molecule has 1 aromatic carbocycles. The zero-order valence-corrected chi connectivity index (χ0v) is 10.3. The maximum absolute atomic E-state index is 13.1. The molecule has 1 fully saturated rings. The highest BCUT2D eigenvalue weighted by atomic mass is 19.1. The summed E-state index contributed by atoms with van der Waals surface area (Å²) in [5.41, 5.74) is 2.60. The lowest BCUT2D eigenvalue weighted by molar-refractivity contribution is 0.150. The van der Waals surface area contributed by atoms with Gasteiger partial charge in [0.25, 0.3) is 0 Å². The number of rotatable bonds is 1. The van der Waals surface area contributed by atoms with Gasteiger partial charge in [0.05, 0.1) is 0 Å². The van der Waals surface area contributed by atoms with E-state index in [1.165, 1.54) is 49.9 Å². The SMILES string of the molecule is Fc1ccc2c(c1)CCC(N1CCCCC1)C2. The molecule has 1 aliphatic heterocycles. The minimum absolute atomic E-state index is 0.0832. The van der Waals surface area contributed by atoms with Crippen LogP contribution in [0.15, 0.2) is 18.2 Å². The average molecular weight is 233 g/mol. The lowest BCUT2D eigenvalue weighted by Crippen LogP contribution is -2.42. The second kappa shape index (κ2) is 4.77. The Bertz CT molecular complexity index is 396. The Labute approximate surface area is 103 Å². The molecule has 1 saturated heterocycles. The van der Waals surface area contributed by atoms with Crippen LogP contribution in [0, 0.1) is 5.82 Å². The van der Waals surface area contributed by atoms with Gasteiger partial charge in [-0.15, -0.1) is 0 Å². The number of hydrogen-bond donors (Lipinski definition) is 0. The summed E-state index contributed by atoms with van der Waals surface area (Å²) in [5, 5.41) is 0. The third-order valence-corrected chi connectivity index (χ3v) is 4.28. The van der Waals surface area contributed by atoms with E-state index in [1.54, 1.807) is 12.1 Å². The van der Waals surface area contributed by atoms with E-state index in [0.717, 1.165) is 12.8 Å². The van der Waals surface area contributed by atoms with Gasteiger partial charge in [-0.3, -0.25) is 0 Å². The summed E-state index contributed by atoms with van der Waals surface area (Å²) in [7, 11) is 0. The molecule has 0 saturated carbocycles. The summed E-state index contributed by atoms with van der Waals surface area (Å²) in [6.45, 7) is 2.53. The van der Waals surface area contributed by atoms with Crippen LogP contribution in [0.3, 0.4) is 0 Å². The number of hydrogen-bond acceptors (Lipinski definition) is 1. The maximum Gasteiger partial charge on any atom is 0.123 e. The summed E-state index contributed by atoms with van der Waals surface area (Å²) in [4.78, 5) is 2.65. The van der Waals surface area contributed by atoms with Crippen molar-refractivity contribution in [1.82, 2.24) is 4.90 Å². The molecular formula is C15H20FN. The van der Waals surface area contributed by atoms with Gasteiger partial charge in [0.1, 0.15) is 5.82 Å². The third kappa shape index (κ3) is 2.37. The van der Waals surface area contributed by atoms with Crippen LogP contribution in [0.2, 0.25) is 0 Å². The van der Waals surface area contributed by atoms with E-state index in [0.29, 0.717) is 6.04 Å². The Balaban J connectivity index is 1.73. The molecule has 0 aromatic heterocycles. The number of halogens is 1. The van der Waals surface area contributed by atoms with E-state index in [9.17, 15) is 4.39 Å². The largest absolute Gasteiger partial charge is 0.300 e. The van der Waals surface area contributed by atoms with Gasteiger partial charge < -0.3 is 4.90 Å². The van der Waals surface area contributed by atoms with Crippen LogP contribution in [0.25, 0.3) is 0 Å². The van der Waals surface area contributed by atoms with E-state index >= 15 is 0 Å². The van der Waals surface area contributed by atoms with Crippen molar-refractivity contribution in [2.24, 2.45) is 0 Å². The van der Waals surface area contributed by atoms with Crippen molar-refractivity contribution in [3.63, 3.8) is 0 Å². The zero-order valence-electron chi connectivity index (χ0n) is 10.3. The van der Waals surface area contributed by atoms with Crippen molar-refractivity contribution < 1.29 is 4.39 Å². The van der Waals surface area contributed by atoms with Gasteiger partial charge in [-0.05, 0) is 68.5 Å². The zero-order chi connectivity index (χ0) is 11.7. The van der Waals surface area contributed by atoms with Gasteiger partial charge in [0, 0.05) is 6.04 Å². The molecule has 0 N–H and O–H groups in total. The van der Waals surface area contributed by atoms with Crippen LogP contribution in [0.4, 0.5) is 4.39 Å². The smallest absolute Gasteiger partial charge is 0.123 e. The highest BCUT2D eigenvalue weighted by Gasteiger charge is 2.25. The van der Waals surface area contributed by atoms with Crippen molar-refractivity contribution in [3.05, 3.63) is 35.1 Å². The normalized spacial score (nSPS) is 25.6. The molecule has 1 aliphatic carbocycles. The summed E-state index contributed by atoms with van der Waals surface area (Å²) in [5.74, 6) is -0.0832. The number of benzene rings is 1. The van der Waals surface area contributed by atoms with E-state index in [-0.39, 0.29) is 5.82 Å². The predicted octanol–water partition coefficient (Wildman–Crippen LogP) is 3.17. The fourth-order valence-electron chi connectivity index (χ4n) is 3.30. The molecule has 1 atom stereocenters. The Morgan fingerprint density at radius 1 is 1.06 bits per heavy atom. The molecule has 92 valence electrons. The molecule has 1 aromatic rings. The molecule has 0 spiro atoms.